The van der Waals surface area contributed by atoms with E-state index >= 15 is 0 Å². The third kappa shape index (κ3) is 4.26. The van der Waals surface area contributed by atoms with Crippen LogP contribution in [0.2, 0.25) is 0 Å². The molecule has 170 valence electrons. The summed E-state index contributed by atoms with van der Waals surface area (Å²) in [5.41, 5.74) is 12.4. The van der Waals surface area contributed by atoms with Gasteiger partial charge in [0, 0.05) is 0 Å². The maximum absolute atomic E-state index is 2.24. The first kappa shape index (κ1) is 21.8. The van der Waals surface area contributed by atoms with Gasteiger partial charge in [0.1, 0.15) is 0 Å². The lowest BCUT2D eigenvalue weighted by Gasteiger charge is -2.17. The summed E-state index contributed by atoms with van der Waals surface area (Å²) in [6.07, 6.45) is 0. The van der Waals surface area contributed by atoms with Gasteiger partial charge in [-0.25, -0.2) is 0 Å². The maximum Gasteiger partial charge on any atom is -0.00990 e. The van der Waals surface area contributed by atoms with Crippen molar-refractivity contribution in [2.75, 3.05) is 0 Å². The van der Waals surface area contributed by atoms with Gasteiger partial charge in [0.15, 0.2) is 0 Å². The van der Waals surface area contributed by atoms with Crippen molar-refractivity contribution in [2.45, 2.75) is 0 Å². The van der Waals surface area contributed by atoms with E-state index in [1.807, 2.05) is 0 Å². The zero-order chi connectivity index (χ0) is 24.2. The van der Waals surface area contributed by atoms with Gasteiger partial charge < -0.3 is 0 Å². The summed E-state index contributed by atoms with van der Waals surface area (Å²) < 4.78 is 0. The van der Waals surface area contributed by atoms with Crippen LogP contribution in [0.3, 0.4) is 0 Å². The van der Waals surface area contributed by atoms with Crippen LogP contribution >= 0.6 is 0 Å². The molecule has 0 saturated heterocycles. The SMILES string of the molecule is c1ccc(-c2ccc(-c3ccccc3-c3ccccc3-c3ccccc3-c3ccccc3)cc2)cc1. The van der Waals surface area contributed by atoms with Gasteiger partial charge in [0.2, 0.25) is 0 Å². The zero-order valence-electron chi connectivity index (χ0n) is 20.0. The van der Waals surface area contributed by atoms with Crippen LogP contribution in [-0.4, -0.2) is 0 Å². The predicted molar refractivity (Wildman–Crippen MR) is 154 cm³/mol. The second-order valence-electron chi connectivity index (χ2n) is 8.95. The lowest BCUT2D eigenvalue weighted by atomic mass is 9.86. The summed E-state index contributed by atoms with van der Waals surface area (Å²) in [6.45, 7) is 0. The number of benzene rings is 6. The minimum absolute atomic E-state index is 1.22. The fourth-order valence-corrected chi connectivity index (χ4v) is 4.98. The van der Waals surface area contributed by atoms with E-state index in [4.69, 9.17) is 0 Å². The molecule has 0 unspecified atom stereocenters. The second kappa shape index (κ2) is 9.90. The molecule has 0 bridgehead atoms. The first-order chi connectivity index (χ1) is 17.9. The van der Waals surface area contributed by atoms with E-state index < -0.39 is 0 Å². The van der Waals surface area contributed by atoms with Gasteiger partial charge in [-0.15, -0.1) is 0 Å². The normalized spacial score (nSPS) is 10.8. The number of hydrogen-bond acceptors (Lipinski definition) is 0. The molecule has 0 atom stereocenters. The maximum atomic E-state index is 2.24. The highest BCUT2D eigenvalue weighted by Crippen LogP contribution is 2.41. The molecular formula is C36H26. The summed E-state index contributed by atoms with van der Waals surface area (Å²) in [5.74, 6) is 0. The third-order valence-electron chi connectivity index (χ3n) is 6.75. The molecule has 0 fully saturated rings. The van der Waals surface area contributed by atoms with Crippen molar-refractivity contribution in [1.29, 1.82) is 0 Å². The van der Waals surface area contributed by atoms with Crippen molar-refractivity contribution in [1.82, 2.24) is 0 Å². The molecule has 0 aromatic heterocycles. The number of hydrogen-bond donors (Lipinski definition) is 0. The van der Waals surface area contributed by atoms with Crippen LogP contribution in [0.25, 0.3) is 55.6 Å². The zero-order valence-corrected chi connectivity index (χ0v) is 20.0. The van der Waals surface area contributed by atoms with Crippen molar-refractivity contribution in [2.24, 2.45) is 0 Å². The van der Waals surface area contributed by atoms with Crippen LogP contribution in [0.15, 0.2) is 158 Å². The Morgan fingerprint density at radius 1 is 0.167 bits per heavy atom. The van der Waals surface area contributed by atoms with Crippen molar-refractivity contribution < 1.29 is 0 Å². The molecule has 0 aliphatic carbocycles. The fraction of sp³-hybridized carbons (Fsp3) is 0. The van der Waals surface area contributed by atoms with Crippen LogP contribution in [0.4, 0.5) is 0 Å². The van der Waals surface area contributed by atoms with E-state index in [2.05, 4.69) is 158 Å². The highest BCUT2D eigenvalue weighted by atomic mass is 14.2. The van der Waals surface area contributed by atoms with Crippen molar-refractivity contribution in [3.05, 3.63) is 158 Å². The largest absolute Gasteiger partial charge is 0.0622 e. The van der Waals surface area contributed by atoms with E-state index in [1.165, 1.54) is 55.6 Å². The van der Waals surface area contributed by atoms with Crippen molar-refractivity contribution in [3.8, 4) is 55.6 Å². The lowest BCUT2D eigenvalue weighted by Crippen LogP contribution is -1.91. The first-order valence-corrected chi connectivity index (χ1v) is 12.4. The standard InChI is InChI=1S/C36H26/c1-3-13-27(14-4-1)28-23-25-30(26-24-28)32-18-8-10-20-34(32)36-22-12-11-21-35(36)33-19-9-7-17-31(33)29-15-5-2-6-16-29/h1-26H. The van der Waals surface area contributed by atoms with Crippen LogP contribution in [-0.2, 0) is 0 Å². The minimum Gasteiger partial charge on any atom is -0.0622 e. The highest BCUT2D eigenvalue weighted by molar-refractivity contribution is 5.95. The van der Waals surface area contributed by atoms with Gasteiger partial charge in [-0.3, -0.25) is 0 Å². The van der Waals surface area contributed by atoms with E-state index in [9.17, 15) is 0 Å². The Hall–Kier alpha value is -4.68. The van der Waals surface area contributed by atoms with Crippen LogP contribution < -0.4 is 0 Å². The summed E-state index contributed by atoms with van der Waals surface area (Å²) >= 11 is 0. The van der Waals surface area contributed by atoms with E-state index in [0.29, 0.717) is 0 Å². The monoisotopic (exact) mass is 458 g/mol. The third-order valence-corrected chi connectivity index (χ3v) is 6.75. The Balaban J connectivity index is 1.47. The smallest absolute Gasteiger partial charge is 0.00990 e. The van der Waals surface area contributed by atoms with Crippen LogP contribution in [0.1, 0.15) is 0 Å². The summed E-state index contributed by atoms with van der Waals surface area (Å²) in [5, 5.41) is 0. The molecule has 0 N–H and O–H groups in total. The van der Waals surface area contributed by atoms with Crippen LogP contribution in [0, 0.1) is 0 Å². The van der Waals surface area contributed by atoms with Gasteiger partial charge >= 0.3 is 0 Å². The Bertz CT molecular complexity index is 1590. The molecule has 36 heavy (non-hydrogen) atoms. The molecule has 0 heterocycles. The molecule has 0 spiro atoms. The Morgan fingerprint density at radius 2 is 0.417 bits per heavy atom. The fourth-order valence-electron chi connectivity index (χ4n) is 4.98. The molecule has 0 aliphatic rings. The second-order valence-corrected chi connectivity index (χ2v) is 8.95. The Morgan fingerprint density at radius 3 is 0.861 bits per heavy atom. The topological polar surface area (TPSA) is 0 Å². The van der Waals surface area contributed by atoms with Crippen LogP contribution in [0.5, 0.6) is 0 Å². The predicted octanol–water partition coefficient (Wildman–Crippen LogP) is 10.0. The molecule has 0 amide bonds. The van der Waals surface area contributed by atoms with Gasteiger partial charge in [-0.05, 0) is 55.6 Å². The average Bonchev–Trinajstić information content (AvgIpc) is 2.98. The molecule has 6 rings (SSSR count). The quantitative estimate of drug-likeness (QED) is 0.241. The minimum atomic E-state index is 1.22. The Labute approximate surface area is 213 Å². The van der Waals surface area contributed by atoms with Gasteiger partial charge in [0.05, 0.1) is 0 Å². The highest BCUT2D eigenvalue weighted by Gasteiger charge is 2.15. The Kier molecular flexibility index (Phi) is 6.00. The number of rotatable bonds is 5. The van der Waals surface area contributed by atoms with Gasteiger partial charge in [0.25, 0.3) is 0 Å². The van der Waals surface area contributed by atoms with Gasteiger partial charge in [-0.1, -0.05) is 158 Å². The molecule has 0 aliphatic heterocycles. The van der Waals surface area contributed by atoms with Gasteiger partial charge in [-0.2, -0.15) is 0 Å². The molecule has 0 nitrogen and oxygen atoms in total. The first-order valence-electron chi connectivity index (χ1n) is 12.4. The summed E-state index contributed by atoms with van der Waals surface area (Å²) in [4.78, 5) is 0. The van der Waals surface area contributed by atoms with E-state index in [1.54, 1.807) is 0 Å². The van der Waals surface area contributed by atoms with E-state index in [-0.39, 0.29) is 0 Å². The summed E-state index contributed by atoms with van der Waals surface area (Å²) in [7, 11) is 0. The average molecular weight is 459 g/mol. The van der Waals surface area contributed by atoms with Crippen molar-refractivity contribution >= 4 is 0 Å². The molecule has 6 aromatic rings. The van der Waals surface area contributed by atoms with Crippen molar-refractivity contribution in [3.63, 3.8) is 0 Å². The molecule has 6 aromatic carbocycles. The molecular weight excluding hydrogens is 432 g/mol. The molecule has 0 radical (unpaired) electrons. The van der Waals surface area contributed by atoms with E-state index in [0.717, 1.165) is 0 Å². The molecule has 0 saturated carbocycles. The lowest BCUT2D eigenvalue weighted by molar-refractivity contribution is 1.55. The summed E-state index contributed by atoms with van der Waals surface area (Å²) in [6, 6.07) is 56.3. The molecule has 0 heteroatoms.